The molecule has 0 spiro atoms. The summed E-state index contributed by atoms with van der Waals surface area (Å²) in [6.45, 7) is 9.56. The summed E-state index contributed by atoms with van der Waals surface area (Å²) in [7, 11) is 0. The lowest BCUT2D eigenvalue weighted by Crippen LogP contribution is -2.52. The van der Waals surface area contributed by atoms with E-state index in [0.29, 0.717) is 0 Å². The molecule has 2 aliphatic heterocycles. The van der Waals surface area contributed by atoms with Gasteiger partial charge in [-0.2, -0.15) is 0 Å². The number of piperazine rings is 1. The fourth-order valence-corrected chi connectivity index (χ4v) is 4.18. The number of benzene rings is 1. The number of anilines is 1. The molecule has 0 aromatic heterocycles. The first-order valence-corrected chi connectivity index (χ1v) is 9.98. The summed E-state index contributed by atoms with van der Waals surface area (Å²) < 4.78 is 41.4. The minimum Gasteiger partial charge on any atom is -0.406 e. The van der Waals surface area contributed by atoms with Crippen LogP contribution in [0.25, 0.3) is 0 Å². The molecule has 4 nitrogen and oxygen atoms in total. The van der Waals surface area contributed by atoms with Gasteiger partial charge in [-0.25, -0.2) is 0 Å². The summed E-state index contributed by atoms with van der Waals surface area (Å²) in [6, 6.07) is 6.56. The van der Waals surface area contributed by atoms with E-state index in [4.69, 9.17) is 0 Å². The maximum Gasteiger partial charge on any atom is 0.573 e. The standard InChI is InChI=1S/C20H30F3N3O/c1-17-16-25(12-6-11-24-9-3-2-4-10-24)13-14-26(17)18-7-5-8-19(15-18)27-20(21,22)23/h5,7-8,15,17H,2-4,6,9-14,16H2,1H3. The highest BCUT2D eigenvalue weighted by molar-refractivity contribution is 5.52. The second-order valence-electron chi connectivity index (χ2n) is 7.64. The predicted molar refractivity (Wildman–Crippen MR) is 101 cm³/mol. The number of piperidine rings is 1. The van der Waals surface area contributed by atoms with Crippen molar-refractivity contribution >= 4 is 5.69 Å². The Kier molecular flexibility index (Phi) is 6.87. The van der Waals surface area contributed by atoms with Gasteiger partial charge in [-0.05, 0) is 64.5 Å². The minimum absolute atomic E-state index is 0.156. The normalized spacial score (nSPS) is 22.8. The number of likely N-dealkylation sites (tertiary alicyclic amines) is 1. The molecule has 0 saturated carbocycles. The SMILES string of the molecule is CC1CN(CCCN2CCCCC2)CCN1c1cccc(OC(F)(F)F)c1. The number of hydrogen-bond donors (Lipinski definition) is 0. The molecule has 7 heteroatoms. The lowest BCUT2D eigenvalue weighted by Gasteiger charge is -2.41. The van der Waals surface area contributed by atoms with Gasteiger partial charge in [0.15, 0.2) is 0 Å². The molecule has 1 aromatic carbocycles. The summed E-state index contributed by atoms with van der Waals surface area (Å²) in [4.78, 5) is 7.21. The van der Waals surface area contributed by atoms with Crippen molar-refractivity contribution in [1.29, 1.82) is 0 Å². The van der Waals surface area contributed by atoms with Crippen LogP contribution in [-0.2, 0) is 0 Å². The molecule has 27 heavy (non-hydrogen) atoms. The Hall–Kier alpha value is -1.47. The summed E-state index contributed by atoms with van der Waals surface area (Å²) >= 11 is 0. The van der Waals surface area contributed by atoms with Crippen molar-refractivity contribution in [2.75, 3.05) is 50.7 Å². The van der Waals surface area contributed by atoms with Crippen LogP contribution >= 0.6 is 0 Å². The van der Waals surface area contributed by atoms with Crippen LogP contribution in [0.3, 0.4) is 0 Å². The van der Waals surface area contributed by atoms with Crippen molar-refractivity contribution in [2.24, 2.45) is 0 Å². The summed E-state index contributed by atoms with van der Waals surface area (Å²) in [5.74, 6) is -0.156. The Morgan fingerprint density at radius 1 is 1.00 bits per heavy atom. The Labute approximate surface area is 159 Å². The van der Waals surface area contributed by atoms with Gasteiger partial charge in [0, 0.05) is 37.4 Å². The third-order valence-electron chi connectivity index (χ3n) is 5.49. The van der Waals surface area contributed by atoms with E-state index in [9.17, 15) is 13.2 Å². The molecular formula is C20H30F3N3O. The molecule has 2 aliphatic rings. The van der Waals surface area contributed by atoms with Gasteiger partial charge in [-0.3, -0.25) is 4.90 Å². The van der Waals surface area contributed by atoms with Crippen molar-refractivity contribution < 1.29 is 17.9 Å². The maximum atomic E-state index is 12.5. The molecule has 2 fully saturated rings. The zero-order valence-electron chi connectivity index (χ0n) is 16.0. The summed E-state index contributed by atoms with van der Waals surface area (Å²) in [6.07, 6.45) is 0.545. The smallest absolute Gasteiger partial charge is 0.406 e. The maximum absolute atomic E-state index is 12.5. The molecule has 0 bridgehead atoms. The van der Waals surface area contributed by atoms with Gasteiger partial charge < -0.3 is 14.5 Å². The van der Waals surface area contributed by atoms with Crippen LogP contribution in [0.15, 0.2) is 24.3 Å². The highest BCUT2D eigenvalue weighted by Gasteiger charge is 2.31. The van der Waals surface area contributed by atoms with Crippen molar-refractivity contribution in [3.8, 4) is 5.75 Å². The van der Waals surface area contributed by atoms with E-state index in [1.165, 1.54) is 57.5 Å². The molecular weight excluding hydrogens is 355 g/mol. The minimum atomic E-state index is -4.66. The monoisotopic (exact) mass is 385 g/mol. The van der Waals surface area contributed by atoms with E-state index < -0.39 is 6.36 Å². The fourth-order valence-electron chi connectivity index (χ4n) is 4.18. The van der Waals surface area contributed by atoms with E-state index in [2.05, 4.69) is 26.4 Å². The van der Waals surface area contributed by atoms with Gasteiger partial charge in [0.2, 0.25) is 0 Å². The molecule has 1 atom stereocenters. The molecule has 0 radical (unpaired) electrons. The average Bonchev–Trinajstić information content (AvgIpc) is 2.61. The van der Waals surface area contributed by atoms with Crippen LogP contribution in [-0.4, -0.2) is 68.0 Å². The third-order valence-corrected chi connectivity index (χ3v) is 5.49. The van der Waals surface area contributed by atoms with Crippen LogP contribution < -0.4 is 9.64 Å². The molecule has 0 N–H and O–H groups in total. The number of alkyl halides is 3. The van der Waals surface area contributed by atoms with Crippen LogP contribution in [0.5, 0.6) is 5.75 Å². The zero-order chi connectivity index (χ0) is 19.3. The van der Waals surface area contributed by atoms with Crippen LogP contribution in [0.2, 0.25) is 0 Å². The molecule has 2 heterocycles. The molecule has 152 valence electrons. The van der Waals surface area contributed by atoms with Gasteiger partial charge in [0.1, 0.15) is 5.75 Å². The fraction of sp³-hybridized carbons (Fsp3) is 0.700. The van der Waals surface area contributed by atoms with Gasteiger partial charge in [-0.15, -0.1) is 13.2 Å². The summed E-state index contributed by atoms with van der Waals surface area (Å²) in [5.41, 5.74) is 0.789. The second-order valence-corrected chi connectivity index (χ2v) is 7.64. The van der Waals surface area contributed by atoms with Crippen molar-refractivity contribution in [3.63, 3.8) is 0 Å². The van der Waals surface area contributed by atoms with Gasteiger partial charge in [-0.1, -0.05) is 12.5 Å². The van der Waals surface area contributed by atoms with Crippen molar-refractivity contribution in [2.45, 2.75) is 45.0 Å². The zero-order valence-corrected chi connectivity index (χ0v) is 16.0. The largest absolute Gasteiger partial charge is 0.573 e. The topological polar surface area (TPSA) is 19.0 Å². The molecule has 3 rings (SSSR count). The first kappa shape index (κ1) is 20.3. The average molecular weight is 385 g/mol. The number of rotatable bonds is 6. The predicted octanol–water partition coefficient (Wildman–Crippen LogP) is 3.97. The van der Waals surface area contributed by atoms with E-state index >= 15 is 0 Å². The van der Waals surface area contributed by atoms with Crippen LogP contribution in [0, 0.1) is 0 Å². The molecule has 2 saturated heterocycles. The molecule has 0 amide bonds. The van der Waals surface area contributed by atoms with Gasteiger partial charge in [0.25, 0.3) is 0 Å². The van der Waals surface area contributed by atoms with E-state index in [1.807, 2.05) is 6.07 Å². The first-order valence-electron chi connectivity index (χ1n) is 9.98. The Morgan fingerprint density at radius 2 is 1.74 bits per heavy atom. The van der Waals surface area contributed by atoms with Crippen LogP contribution in [0.1, 0.15) is 32.6 Å². The molecule has 1 unspecified atom stereocenters. The van der Waals surface area contributed by atoms with Crippen molar-refractivity contribution in [1.82, 2.24) is 9.80 Å². The highest BCUT2D eigenvalue weighted by Crippen LogP contribution is 2.28. The molecule has 0 aliphatic carbocycles. The first-order chi connectivity index (χ1) is 12.9. The number of nitrogens with zero attached hydrogens (tertiary/aromatic N) is 3. The third kappa shape index (κ3) is 6.28. The van der Waals surface area contributed by atoms with E-state index in [-0.39, 0.29) is 11.8 Å². The van der Waals surface area contributed by atoms with Crippen LogP contribution in [0.4, 0.5) is 18.9 Å². The lowest BCUT2D eigenvalue weighted by molar-refractivity contribution is -0.274. The number of hydrogen-bond acceptors (Lipinski definition) is 4. The van der Waals surface area contributed by atoms with E-state index in [0.717, 1.165) is 31.9 Å². The molecule has 1 aromatic rings. The quantitative estimate of drug-likeness (QED) is 0.738. The van der Waals surface area contributed by atoms with Crippen molar-refractivity contribution in [3.05, 3.63) is 24.3 Å². The summed E-state index contributed by atoms with van der Waals surface area (Å²) in [5, 5.41) is 0. The van der Waals surface area contributed by atoms with E-state index in [1.54, 1.807) is 6.07 Å². The Balaban J connectivity index is 1.47. The number of ether oxygens (including phenoxy) is 1. The number of halogens is 3. The van der Waals surface area contributed by atoms with Gasteiger partial charge in [0.05, 0.1) is 0 Å². The van der Waals surface area contributed by atoms with Gasteiger partial charge >= 0.3 is 6.36 Å². The Bertz CT molecular complexity index is 590. The highest BCUT2D eigenvalue weighted by atomic mass is 19.4. The second kappa shape index (κ2) is 9.15. The lowest BCUT2D eigenvalue weighted by atomic mass is 10.1. The Morgan fingerprint density at radius 3 is 2.44 bits per heavy atom.